The maximum atomic E-state index is 12.5. The van der Waals surface area contributed by atoms with Gasteiger partial charge in [0.25, 0.3) is 0 Å². The standard InChI is InChI=1S/C21H30N4O2/c1-15-23-17-7-5-6-8-18(17)25(15)14-11-22-19(26)16-9-12-24(13-10-16)20(27)21(2,3)4/h5-8,16H,9-14H2,1-4H3,(H,22,26). The van der Waals surface area contributed by atoms with Crippen molar-refractivity contribution in [3.8, 4) is 0 Å². The summed E-state index contributed by atoms with van der Waals surface area (Å²) in [5, 5.41) is 3.07. The highest BCUT2D eigenvalue weighted by Gasteiger charge is 2.32. The number of para-hydroxylation sites is 2. The summed E-state index contributed by atoms with van der Waals surface area (Å²) in [6, 6.07) is 8.05. The molecule has 1 aliphatic rings. The number of carbonyl (C=O) groups is 2. The van der Waals surface area contributed by atoms with E-state index in [0.29, 0.717) is 26.2 Å². The second kappa shape index (κ2) is 7.71. The van der Waals surface area contributed by atoms with E-state index in [1.54, 1.807) is 0 Å². The van der Waals surface area contributed by atoms with Crippen molar-refractivity contribution < 1.29 is 9.59 Å². The fourth-order valence-corrected chi connectivity index (χ4v) is 3.73. The van der Waals surface area contributed by atoms with Crippen LogP contribution in [0, 0.1) is 18.3 Å². The predicted octanol–water partition coefficient (Wildman–Crippen LogP) is 2.75. The lowest BCUT2D eigenvalue weighted by Crippen LogP contribution is -2.46. The topological polar surface area (TPSA) is 67.2 Å². The summed E-state index contributed by atoms with van der Waals surface area (Å²) in [5.74, 6) is 1.22. The van der Waals surface area contributed by atoms with Gasteiger partial charge in [-0.15, -0.1) is 0 Å². The molecule has 0 radical (unpaired) electrons. The van der Waals surface area contributed by atoms with Crippen LogP contribution in [0.2, 0.25) is 0 Å². The van der Waals surface area contributed by atoms with Crippen LogP contribution in [0.15, 0.2) is 24.3 Å². The zero-order valence-electron chi connectivity index (χ0n) is 16.8. The first kappa shape index (κ1) is 19.4. The Morgan fingerprint density at radius 1 is 1.19 bits per heavy atom. The largest absolute Gasteiger partial charge is 0.354 e. The second-order valence-corrected chi connectivity index (χ2v) is 8.41. The van der Waals surface area contributed by atoms with Gasteiger partial charge in [0.05, 0.1) is 11.0 Å². The monoisotopic (exact) mass is 370 g/mol. The summed E-state index contributed by atoms with van der Waals surface area (Å²) < 4.78 is 2.14. The van der Waals surface area contributed by atoms with E-state index in [-0.39, 0.29) is 23.1 Å². The average Bonchev–Trinajstić information content (AvgIpc) is 2.96. The number of fused-ring (bicyclic) bond motifs is 1. The van der Waals surface area contributed by atoms with Gasteiger partial charge in [-0.25, -0.2) is 4.98 Å². The number of piperidine rings is 1. The summed E-state index contributed by atoms with van der Waals surface area (Å²) in [6.07, 6.45) is 1.47. The molecule has 1 fully saturated rings. The maximum absolute atomic E-state index is 12.5. The van der Waals surface area contributed by atoms with Gasteiger partial charge in [-0.05, 0) is 31.9 Å². The van der Waals surface area contributed by atoms with E-state index in [0.717, 1.165) is 29.7 Å². The number of benzene rings is 1. The van der Waals surface area contributed by atoms with E-state index in [2.05, 4.69) is 20.9 Å². The molecule has 1 aliphatic heterocycles. The third-order valence-corrected chi connectivity index (χ3v) is 5.27. The van der Waals surface area contributed by atoms with Gasteiger partial charge in [-0.2, -0.15) is 0 Å². The first-order chi connectivity index (χ1) is 12.8. The molecule has 0 saturated carbocycles. The van der Waals surface area contributed by atoms with Crippen molar-refractivity contribution >= 4 is 22.8 Å². The molecule has 0 atom stereocenters. The number of carbonyl (C=O) groups excluding carboxylic acids is 2. The molecule has 2 heterocycles. The van der Waals surface area contributed by atoms with E-state index in [1.807, 2.05) is 50.8 Å². The number of rotatable bonds is 4. The number of hydrogen-bond acceptors (Lipinski definition) is 3. The van der Waals surface area contributed by atoms with E-state index < -0.39 is 0 Å². The lowest BCUT2D eigenvalue weighted by molar-refractivity contribution is -0.142. The van der Waals surface area contributed by atoms with Crippen LogP contribution in [0.1, 0.15) is 39.4 Å². The molecule has 0 bridgehead atoms. The lowest BCUT2D eigenvalue weighted by atomic mass is 9.91. The van der Waals surface area contributed by atoms with Crippen LogP contribution in [-0.2, 0) is 16.1 Å². The number of aryl methyl sites for hydroxylation is 1. The van der Waals surface area contributed by atoms with Gasteiger partial charge in [0.1, 0.15) is 5.82 Å². The van der Waals surface area contributed by atoms with Gasteiger partial charge in [0, 0.05) is 37.5 Å². The Morgan fingerprint density at radius 2 is 1.85 bits per heavy atom. The van der Waals surface area contributed by atoms with Gasteiger partial charge in [0.2, 0.25) is 11.8 Å². The Hall–Kier alpha value is -2.37. The molecule has 146 valence electrons. The first-order valence-corrected chi connectivity index (χ1v) is 9.76. The highest BCUT2D eigenvalue weighted by atomic mass is 16.2. The molecule has 0 aliphatic carbocycles. The predicted molar refractivity (Wildman–Crippen MR) is 106 cm³/mol. The Balaban J connectivity index is 1.49. The van der Waals surface area contributed by atoms with E-state index >= 15 is 0 Å². The van der Waals surface area contributed by atoms with Crippen molar-refractivity contribution in [2.45, 2.75) is 47.1 Å². The number of hydrogen-bond donors (Lipinski definition) is 1. The van der Waals surface area contributed by atoms with Gasteiger partial charge in [-0.3, -0.25) is 9.59 Å². The minimum absolute atomic E-state index is 0.00496. The third kappa shape index (κ3) is 4.31. The zero-order chi connectivity index (χ0) is 19.6. The number of imidazole rings is 1. The van der Waals surface area contributed by atoms with E-state index in [1.165, 1.54) is 0 Å². The summed E-state index contributed by atoms with van der Waals surface area (Å²) in [5.41, 5.74) is 1.72. The Kier molecular flexibility index (Phi) is 5.53. The van der Waals surface area contributed by atoms with Gasteiger partial charge in [0.15, 0.2) is 0 Å². The zero-order valence-corrected chi connectivity index (χ0v) is 16.8. The minimum atomic E-state index is -0.361. The fourth-order valence-electron chi connectivity index (χ4n) is 3.73. The van der Waals surface area contributed by atoms with E-state index in [4.69, 9.17) is 0 Å². The Morgan fingerprint density at radius 3 is 2.52 bits per heavy atom. The maximum Gasteiger partial charge on any atom is 0.227 e. The summed E-state index contributed by atoms with van der Waals surface area (Å²) in [6.45, 7) is 10.4. The van der Waals surface area contributed by atoms with Crippen molar-refractivity contribution in [2.75, 3.05) is 19.6 Å². The molecule has 2 aromatic rings. The van der Waals surface area contributed by atoms with Crippen LogP contribution in [0.5, 0.6) is 0 Å². The second-order valence-electron chi connectivity index (χ2n) is 8.41. The molecule has 1 aromatic heterocycles. The third-order valence-electron chi connectivity index (χ3n) is 5.27. The summed E-state index contributed by atoms with van der Waals surface area (Å²) in [4.78, 5) is 31.3. The molecular weight excluding hydrogens is 340 g/mol. The Labute approximate surface area is 160 Å². The molecule has 6 heteroatoms. The van der Waals surface area contributed by atoms with Gasteiger partial charge in [-0.1, -0.05) is 32.9 Å². The quantitative estimate of drug-likeness (QED) is 0.900. The van der Waals surface area contributed by atoms with Crippen LogP contribution in [0.4, 0.5) is 0 Å². The molecule has 2 amide bonds. The van der Waals surface area contributed by atoms with Gasteiger partial charge >= 0.3 is 0 Å². The molecule has 1 aromatic carbocycles. The minimum Gasteiger partial charge on any atom is -0.354 e. The number of nitrogens with zero attached hydrogens (tertiary/aromatic N) is 3. The number of nitrogens with one attached hydrogen (secondary N) is 1. The summed E-state index contributed by atoms with van der Waals surface area (Å²) in [7, 11) is 0. The highest BCUT2D eigenvalue weighted by Crippen LogP contribution is 2.23. The fraction of sp³-hybridized carbons (Fsp3) is 0.571. The number of likely N-dealkylation sites (tertiary alicyclic amines) is 1. The van der Waals surface area contributed by atoms with Crippen molar-refractivity contribution in [3.63, 3.8) is 0 Å². The van der Waals surface area contributed by atoms with Crippen molar-refractivity contribution in [2.24, 2.45) is 11.3 Å². The van der Waals surface area contributed by atoms with Crippen LogP contribution < -0.4 is 5.32 Å². The molecule has 0 spiro atoms. The molecule has 1 N–H and O–H groups in total. The highest BCUT2D eigenvalue weighted by molar-refractivity contribution is 5.82. The average molecular weight is 370 g/mol. The summed E-state index contributed by atoms with van der Waals surface area (Å²) >= 11 is 0. The lowest BCUT2D eigenvalue weighted by Gasteiger charge is -2.35. The van der Waals surface area contributed by atoms with Crippen LogP contribution in [0.3, 0.4) is 0 Å². The first-order valence-electron chi connectivity index (χ1n) is 9.76. The molecule has 0 unspecified atom stereocenters. The molecule has 1 saturated heterocycles. The van der Waals surface area contributed by atoms with Crippen molar-refractivity contribution in [3.05, 3.63) is 30.1 Å². The molecule has 3 rings (SSSR count). The normalized spacial score (nSPS) is 15.9. The SMILES string of the molecule is Cc1nc2ccccc2n1CCNC(=O)C1CCN(C(=O)C(C)(C)C)CC1. The number of aromatic nitrogens is 2. The van der Waals surface area contributed by atoms with Crippen molar-refractivity contribution in [1.82, 2.24) is 19.8 Å². The van der Waals surface area contributed by atoms with E-state index in [9.17, 15) is 9.59 Å². The number of amides is 2. The molecule has 6 nitrogen and oxygen atoms in total. The van der Waals surface area contributed by atoms with Crippen LogP contribution >= 0.6 is 0 Å². The Bertz CT molecular complexity index is 826. The van der Waals surface area contributed by atoms with Crippen LogP contribution in [-0.4, -0.2) is 45.9 Å². The smallest absolute Gasteiger partial charge is 0.227 e. The molecular formula is C21H30N4O2. The van der Waals surface area contributed by atoms with Crippen molar-refractivity contribution in [1.29, 1.82) is 0 Å². The van der Waals surface area contributed by atoms with Crippen LogP contribution in [0.25, 0.3) is 11.0 Å². The van der Waals surface area contributed by atoms with Gasteiger partial charge < -0.3 is 14.8 Å². The molecule has 27 heavy (non-hydrogen) atoms.